The Bertz CT molecular complexity index is 365. The van der Waals surface area contributed by atoms with Crippen molar-refractivity contribution in [2.24, 2.45) is 0 Å². The molecule has 1 aromatic carbocycles. The summed E-state index contributed by atoms with van der Waals surface area (Å²) < 4.78 is 5.30. The van der Waals surface area contributed by atoms with Gasteiger partial charge in [-0.15, -0.1) is 0 Å². The van der Waals surface area contributed by atoms with Crippen molar-refractivity contribution in [2.75, 3.05) is 7.11 Å². The Balaban J connectivity index is 3.06. The second-order valence-electron chi connectivity index (χ2n) is 3.76. The third kappa shape index (κ3) is 2.73. The second kappa shape index (κ2) is 5.41. The number of nitriles is 1. The van der Waals surface area contributed by atoms with Gasteiger partial charge in [-0.2, -0.15) is 5.26 Å². The van der Waals surface area contributed by atoms with E-state index in [1.165, 1.54) is 0 Å². The molecule has 1 unspecified atom stereocenters. The van der Waals surface area contributed by atoms with Gasteiger partial charge >= 0.3 is 0 Å². The van der Waals surface area contributed by atoms with E-state index in [1.54, 1.807) is 13.2 Å². The molecule has 2 nitrogen and oxygen atoms in total. The lowest BCUT2D eigenvalue weighted by Gasteiger charge is -2.15. The molecular formula is C13H17NO. The molecule has 0 aliphatic heterocycles. The van der Waals surface area contributed by atoms with Gasteiger partial charge in [-0.1, -0.05) is 20.3 Å². The maximum Gasteiger partial charge on any atom is 0.122 e. The van der Waals surface area contributed by atoms with Crippen LogP contribution < -0.4 is 4.74 Å². The highest BCUT2D eigenvalue weighted by molar-refractivity contribution is 5.43. The van der Waals surface area contributed by atoms with Crippen LogP contribution in [0.25, 0.3) is 0 Å². The van der Waals surface area contributed by atoms with Crippen LogP contribution in [-0.4, -0.2) is 7.11 Å². The van der Waals surface area contributed by atoms with Crippen molar-refractivity contribution >= 4 is 0 Å². The van der Waals surface area contributed by atoms with Crippen molar-refractivity contribution in [3.05, 3.63) is 29.3 Å². The van der Waals surface area contributed by atoms with Crippen LogP contribution >= 0.6 is 0 Å². The number of hydrogen-bond acceptors (Lipinski definition) is 2. The van der Waals surface area contributed by atoms with Gasteiger partial charge in [0, 0.05) is 0 Å². The molecule has 0 bridgehead atoms. The van der Waals surface area contributed by atoms with Gasteiger partial charge in [0.25, 0.3) is 0 Å². The zero-order chi connectivity index (χ0) is 11.3. The Kier molecular flexibility index (Phi) is 4.17. The zero-order valence-electron chi connectivity index (χ0n) is 9.58. The summed E-state index contributed by atoms with van der Waals surface area (Å²) in [7, 11) is 1.67. The van der Waals surface area contributed by atoms with Gasteiger partial charge in [-0.25, -0.2) is 0 Å². The summed E-state index contributed by atoms with van der Waals surface area (Å²) in [5, 5.41) is 8.85. The third-order valence-electron chi connectivity index (χ3n) is 2.61. The third-order valence-corrected chi connectivity index (χ3v) is 2.61. The molecule has 0 radical (unpaired) electrons. The van der Waals surface area contributed by atoms with Crippen LogP contribution in [0, 0.1) is 11.3 Å². The van der Waals surface area contributed by atoms with Gasteiger partial charge in [0.05, 0.1) is 18.7 Å². The largest absolute Gasteiger partial charge is 0.496 e. The number of hydrogen-bond donors (Lipinski definition) is 0. The van der Waals surface area contributed by atoms with Crippen LogP contribution in [0.4, 0.5) is 0 Å². The molecule has 0 amide bonds. The monoisotopic (exact) mass is 203 g/mol. The first-order chi connectivity index (χ1) is 7.22. The molecule has 1 aromatic rings. The van der Waals surface area contributed by atoms with E-state index in [-0.39, 0.29) is 0 Å². The van der Waals surface area contributed by atoms with Crippen LogP contribution in [0.5, 0.6) is 5.75 Å². The lowest BCUT2D eigenvalue weighted by atomic mass is 9.94. The van der Waals surface area contributed by atoms with Crippen LogP contribution in [0.3, 0.4) is 0 Å². The van der Waals surface area contributed by atoms with Gasteiger partial charge in [0.1, 0.15) is 5.75 Å². The quantitative estimate of drug-likeness (QED) is 0.750. The second-order valence-corrected chi connectivity index (χ2v) is 3.76. The fourth-order valence-corrected chi connectivity index (χ4v) is 1.78. The van der Waals surface area contributed by atoms with Crippen molar-refractivity contribution < 1.29 is 4.74 Å². The molecule has 0 saturated heterocycles. The van der Waals surface area contributed by atoms with Gasteiger partial charge < -0.3 is 4.74 Å². The molecule has 0 aliphatic carbocycles. The van der Waals surface area contributed by atoms with E-state index in [0.717, 1.165) is 24.2 Å². The Morgan fingerprint density at radius 3 is 2.73 bits per heavy atom. The normalized spacial score (nSPS) is 11.9. The van der Waals surface area contributed by atoms with Gasteiger partial charge in [0.15, 0.2) is 0 Å². The fraction of sp³-hybridized carbons (Fsp3) is 0.462. The minimum absolute atomic E-state index is 0.443. The Morgan fingerprint density at radius 1 is 1.47 bits per heavy atom. The predicted octanol–water partition coefficient (Wildman–Crippen LogP) is 3.47. The van der Waals surface area contributed by atoms with Crippen molar-refractivity contribution in [1.82, 2.24) is 0 Å². The molecule has 0 aliphatic rings. The molecular weight excluding hydrogens is 186 g/mol. The van der Waals surface area contributed by atoms with Crippen molar-refractivity contribution in [1.29, 1.82) is 5.26 Å². The van der Waals surface area contributed by atoms with Gasteiger partial charge in [-0.3, -0.25) is 0 Å². The van der Waals surface area contributed by atoms with Gasteiger partial charge in [0.2, 0.25) is 0 Å². The predicted molar refractivity (Wildman–Crippen MR) is 61.0 cm³/mol. The highest BCUT2D eigenvalue weighted by atomic mass is 16.5. The summed E-state index contributed by atoms with van der Waals surface area (Å²) in [5.74, 6) is 1.33. The summed E-state index contributed by atoms with van der Waals surface area (Å²) in [6.07, 6.45) is 2.26. The van der Waals surface area contributed by atoms with E-state index < -0.39 is 0 Å². The van der Waals surface area contributed by atoms with Crippen molar-refractivity contribution in [2.45, 2.75) is 32.6 Å². The summed E-state index contributed by atoms with van der Waals surface area (Å²) in [5.41, 5.74) is 1.84. The number of methoxy groups -OCH3 is 1. The average molecular weight is 203 g/mol. The molecule has 1 rings (SSSR count). The van der Waals surface area contributed by atoms with Crippen molar-refractivity contribution in [3.63, 3.8) is 0 Å². The molecule has 80 valence electrons. The van der Waals surface area contributed by atoms with Crippen LogP contribution in [0.2, 0.25) is 0 Å². The van der Waals surface area contributed by atoms with E-state index in [0.29, 0.717) is 11.5 Å². The first-order valence-electron chi connectivity index (χ1n) is 5.31. The lowest BCUT2D eigenvalue weighted by Crippen LogP contribution is -1.98. The van der Waals surface area contributed by atoms with E-state index in [2.05, 4.69) is 19.9 Å². The highest BCUT2D eigenvalue weighted by Crippen LogP contribution is 2.30. The summed E-state index contributed by atoms with van der Waals surface area (Å²) in [6.45, 7) is 4.33. The van der Waals surface area contributed by atoms with Crippen LogP contribution in [0.1, 0.15) is 43.7 Å². The molecule has 0 heterocycles. The summed E-state index contributed by atoms with van der Waals surface area (Å²) in [4.78, 5) is 0. The Labute approximate surface area is 91.5 Å². The summed E-state index contributed by atoms with van der Waals surface area (Å²) in [6, 6.07) is 7.76. The zero-order valence-corrected chi connectivity index (χ0v) is 9.58. The topological polar surface area (TPSA) is 33.0 Å². The van der Waals surface area contributed by atoms with E-state index >= 15 is 0 Å². The van der Waals surface area contributed by atoms with Crippen molar-refractivity contribution in [3.8, 4) is 11.8 Å². The van der Waals surface area contributed by atoms with Crippen LogP contribution in [-0.2, 0) is 0 Å². The minimum atomic E-state index is 0.443. The van der Waals surface area contributed by atoms with Gasteiger partial charge in [-0.05, 0) is 36.1 Å². The minimum Gasteiger partial charge on any atom is -0.496 e. The number of benzene rings is 1. The molecule has 0 saturated carbocycles. The molecule has 0 aromatic heterocycles. The maximum absolute atomic E-state index is 8.85. The Hall–Kier alpha value is -1.49. The molecule has 2 heteroatoms. The highest BCUT2D eigenvalue weighted by Gasteiger charge is 2.11. The molecule has 0 spiro atoms. The average Bonchev–Trinajstić information content (AvgIpc) is 2.28. The standard InChI is InChI=1S/C13H17NO/c1-4-5-10(2)12-8-11(9-14)6-7-13(12)15-3/h6-8,10H,4-5H2,1-3H3. The molecule has 0 N–H and O–H groups in total. The first-order valence-corrected chi connectivity index (χ1v) is 5.31. The van der Waals surface area contributed by atoms with E-state index in [1.807, 2.05) is 12.1 Å². The smallest absolute Gasteiger partial charge is 0.122 e. The maximum atomic E-state index is 8.85. The fourth-order valence-electron chi connectivity index (χ4n) is 1.78. The molecule has 1 atom stereocenters. The van der Waals surface area contributed by atoms with E-state index in [4.69, 9.17) is 10.00 Å². The Morgan fingerprint density at radius 2 is 2.20 bits per heavy atom. The number of rotatable bonds is 4. The SMILES string of the molecule is CCCC(C)c1cc(C#N)ccc1OC. The summed E-state index contributed by atoms with van der Waals surface area (Å²) >= 11 is 0. The molecule has 0 fully saturated rings. The van der Waals surface area contributed by atoms with E-state index in [9.17, 15) is 0 Å². The molecule has 15 heavy (non-hydrogen) atoms. The number of ether oxygens (including phenoxy) is 1. The number of nitrogens with zero attached hydrogens (tertiary/aromatic N) is 1. The first kappa shape index (κ1) is 11.6. The lowest BCUT2D eigenvalue weighted by molar-refractivity contribution is 0.405. The van der Waals surface area contributed by atoms with Crippen LogP contribution in [0.15, 0.2) is 18.2 Å².